The molecular weight excluding hydrogens is 288 g/mol. The zero-order chi connectivity index (χ0) is 16.4. The minimum atomic E-state index is -0.0758. The fraction of sp³-hybridized carbons (Fsp3) is 0.278. The molecule has 3 rings (SSSR count). The first kappa shape index (κ1) is 15.2. The van der Waals surface area contributed by atoms with Crippen LogP contribution in [-0.2, 0) is 11.3 Å². The highest BCUT2D eigenvalue weighted by Crippen LogP contribution is 2.18. The lowest BCUT2D eigenvalue weighted by Gasteiger charge is -2.17. The lowest BCUT2D eigenvalue weighted by molar-refractivity contribution is -0.122. The standard InChI is InChI=1S/C18H20N4O/c1-12-8-9-15(13(2)10-12)14(3)19-18(23)11-22-17-7-5-4-6-16(17)20-21-22/h4-10,14H,11H2,1-3H3,(H,19,23)/t14-/m1/s1. The summed E-state index contributed by atoms with van der Waals surface area (Å²) in [7, 11) is 0. The second kappa shape index (κ2) is 6.20. The molecule has 0 saturated heterocycles. The molecule has 0 aliphatic carbocycles. The molecule has 0 spiro atoms. The van der Waals surface area contributed by atoms with E-state index in [4.69, 9.17) is 0 Å². The summed E-state index contributed by atoms with van der Waals surface area (Å²) in [6.45, 7) is 6.29. The predicted octanol–water partition coefficient (Wildman–Crippen LogP) is 2.93. The second-order valence-corrected chi connectivity index (χ2v) is 5.89. The average molecular weight is 308 g/mol. The van der Waals surface area contributed by atoms with E-state index in [1.807, 2.05) is 31.2 Å². The number of nitrogens with one attached hydrogen (secondary N) is 1. The van der Waals surface area contributed by atoms with Crippen LogP contribution in [0.2, 0.25) is 0 Å². The largest absolute Gasteiger partial charge is 0.348 e. The lowest BCUT2D eigenvalue weighted by Crippen LogP contribution is -2.30. The maximum absolute atomic E-state index is 12.3. The van der Waals surface area contributed by atoms with Crippen molar-refractivity contribution in [1.82, 2.24) is 20.3 Å². The van der Waals surface area contributed by atoms with E-state index in [2.05, 4.69) is 47.7 Å². The number of fused-ring (bicyclic) bond motifs is 1. The Morgan fingerprint density at radius 1 is 1.22 bits per heavy atom. The van der Waals surface area contributed by atoms with Gasteiger partial charge < -0.3 is 5.32 Å². The minimum Gasteiger partial charge on any atom is -0.348 e. The van der Waals surface area contributed by atoms with E-state index < -0.39 is 0 Å². The minimum absolute atomic E-state index is 0.0436. The van der Waals surface area contributed by atoms with Crippen molar-refractivity contribution >= 4 is 16.9 Å². The summed E-state index contributed by atoms with van der Waals surface area (Å²) in [5, 5.41) is 11.1. The number of carbonyl (C=O) groups is 1. The van der Waals surface area contributed by atoms with E-state index in [1.54, 1.807) is 4.68 Å². The van der Waals surface area contributed by atoms with E-state index in [1.165, 1.54) is 11.1 Å². The van der Waals surface area contributed by atoms with Crippen molar-refractivity contribution in [2.24, 2.45) is 0 Å². The van der Waals surface area contributed by atoms with Gasteiger partial charge in [-0.3, -0.25) is 4.79 Å². The number of amides is 1. The van der Waals surface area contributed by atoms with E-state index in [9.17, 15) is 4.79 Å². The Morgan fingerprint density at radius 2 is 2.00 bits per heavy atom. The molecule has 0 unspecified atom stereocenters. The molecule has 1 atom stereocenters. The van der Waals surface area contributed by atoms with Gasteiger partial charge in [-0.05, 0) is 44.0 Å². The van der Waals surface area contributed by atoms with Crippen LogP contribution in [0.4, 0.5) is 0 Å². The van der Waals surface area contributed by atoms with Crippen molar-refractivity contribution in [3.05, 3.63) is 59.2 Å². The zero-order valence-electron chi connectivity index (χ0n) is 13.6. The quantitative estimate of drug-likeness (QED) is 0.806. The highest BCUT2D eigenvalue weighted by Gasteiger charge is 2.13. The highest BCUT2D eigenvalue weighted by atomic mass is 16.2. The molecule has 3 aromatic rings. The summed E-state index contributed by atoms with van der Waals surface area (Å²) in [5.74, 6) is -0.0758. The number of aryl methyl sites for hydroxylation is 2. The van der Waals surface area contributed by atoms with Gasteiger partial charge in [0, 0.05) is 0 Å². The molecule has 1 amide bonds. The number of benzene rings is 2. The van der Waals surface area contributed by atoms with Crippen LogP contribution in [0.15, 0.2) is 42.5 Å². The molecule has 0 radical (unpaired) electrons. The number of nitrogens with zero attached hydrogens (tertiary/aromatic N) is 3. The van der Waals surface area contributed by atoms with Crippen LogP contribution < -0.4 is 5.32 Å². The third-order valence-corrected chi connectivity index (χ3v) is 3.98. The Labute approximate surface area is 135 Å². The SMILES string of the molecule is Cc1ccc([C@@H](C)NC(=O)Cn2nnc3ccccc32)c(C)c1. The molecule has 0 fully saturated rings. The Bertz CT molecular complexity index is 853. The normalized spacial score (nSPS) is 12.3. The number of hydrogen-bond donors (Lipinski definition) is 1. The Kier molecular flexibility index (Phi) is 4.10. The molecule has 0 saturated carbocycles. The molecule has 118 valence electrons. The maximum atomic E-state index is 12.3. The van der Waals surface area contributed by atoms with E-state index in [0.717, 1.165) is 16.6 Å². The molecule has 5 heteroatoms. The molecule has 1 heterocycles. The van der Waals surface area contributed by atoms with Crippen LogP contribution >= 0.6 is 0 Å². The lowest BCUT2D eigenvalue weighted by atomic mass is 10.0. The van der Waals surface area contributed by atoms with Crippen LogP contribution in [0.1, 0.15) is 29.7 Å². The van der Waals surface area contributed by atoms with Crippen LogP contribution in [0.5, 0.6) is 0 Å². The van der Waals surface area contributed by atoms with Gasteiger partial charge in [-0.2, -0.15) is 0 Å². The first-order valence-electron chi connectivity index (χ1n) is 7.69. The third kappa shape index (κ3) is 3.23. The number of hydrogen-bond acceptors (Lipinski definition) is 3. The summed E-state index contributed by atoms with van der Waals surface area (Å²) in [6, 6.07) is 13.8. The number of carbonyl (C=O) groups excluding carboxylic acids is 1. The Balaban J connectivity index is 1.71. The van der Waals surface area contributed by atoms with Gasteiger partial charge in [-0.25, -0.2) is 4.68 Å². The first-order valence-corrected chi connectivity index (χ1v) is 7.69. The van der Waals surface area contributed by atoms with Gasteiger partial charge >= 0.3 is 0 Å². The van der Waals surface area contributed by atoms with E-state index >= 15 is 0 Å². The Morgan fingerprint density at radius 3 is 2.78 bits per heavy atom. The van der Waals surface area contributed by atoms with Gasteiger partial charge in [0.15, 0.2) is 0 Å². The molecule has 5 nitrogen and oxygen atoms in total. The van der Waals surface area contributed by atoms with Crippen molar-refractivity contribution in [1.29, 1.82) is 0 Å². The fourth-order valence-corrected chi connectivity index (χ4v) is 2.85. The van der Waals surface area contributed by atoms with Crippen LogP contribution in [-0.4, -0.2) is 20.9 Å². The molecule has 0 bridgehead atoms. The zero-order valence-corrected chi connectivity index (χ0v) is 13.6. The van der Waals surface area contributed by atoms with Crippen molar-refractivity contribution in [2.75, 3.05) is 0 Å². The van der Waals surface area contributed by atoms with E-state index in [-0.39, 0.29) is 18.5 Å². The third-order valence-electron chi connectivity index (χ3n) is 3.98. The van der Waals surface area contributed by atoms with Gasteiger partial charge in [0.1, 0.15) is 12.1 Å². The molecule has 23 heavy (non-hydrogen) atoms. The van der Waals surface area contributed by atoms with Gasteiger partial charge in [0.05, 0.1) is 11.6 Å². The van der Waals surface area contributed by atoms with Crippen molar-refractivity contribution in [3.63, 3.8) is 0 Å². The van der Waals surface area contributed by atoms with Crippen LogP contribution in [0.3, 0.4) is 0 Å². The van der Waals surface area contributed by atoms with E-state index in [0.29, 0.717) is 0 Å². The number of aromatic nitrogens is 3. The second-order valence-electron chi connectivity index (χ2n) is 5.89. The average Bonchev–Trinajstić information content (AvgIpc) is 2.90. The summed E-state index contributed by atoms with van der Waals surface area (Å²) < 4.78 is 1.62. The summed E-state index contributed by atoms with van der Waals surface area (Å²) in [4.78, 5) is 12.3. The predicted molar refractivity (Wildman–Crippen MR) is 90.0 cm³/mol. The summed E-state index contributed by atoms with van der Waals surface area (Å²) in [6.07, 6.45) is 0. The van der Waals surface area contributed by atoms with Gasteiger partial charge in [-0.15, -0.1) is 5.10 Å². The molecule has 1 N–H and O–H groups in total. The monoisotopic (exact) mass is 308 g/mol. The Hall–Kier alpha value is -2.69. The molecule has 1 aromatic heterocycles. The highest BCUT2D eigenvalue weighted by molar-refractivity contribution is 5.80. The van der Waals surface area contributed by atoms with Crippen molar-refractivity contribution in [2.45, 2.75) is 33.4 Å². The van der Waals surface area contributed by atoms with Crippen LogP contribution in [0.25, 0.3) is 11.0 Å². The number of para-hydroxylation sites is 1. The fourth-order valence-electron chi connectivity index (χ4n) is 2.85. The van der Waals surface area contributed by atoms with Crippen molar-refractivity contribution in [3.8, 4) is 0 Å². The molecule has 0 aliphatic rings. The topological polar surface area (TPSA) is 59.8 Å². The van der Waals surface area contributed by atoms with Gasteiger partial charge in [0.2, 0.25) is 5.91 Å². The maximum Gasteiger partial charge on any atom is 0.242 e. The molecule has 0 aliphatic heterocycles. The van der Waals surface area contributed by atoms with Gasteiger partial charge in [0.25, 0.3) is 0 Å². The first-order chi connectivity index (χ1) is 11.0. The summed E-state index contributed by atoms with van der Waals surface area (Å²) in [5.41, 5.74) is 5.19. The summed E-state index contributed by atoms with van der Waals surface area (Å²) >= 11 is 0. The smallest absolute Gasteiger partial charge is 0.242 e. The molecular formula is C18H20N4O. The molecule has 2 aromatic carbocycles. The number of rotatable bonds is 4. The van der Waals surface area contributed by atoms with Crippen molar-refractivity contribution < 1.29 is 4.79 Å². The van der Waals surface area contributed by atoms with Crippen LogP contribution in [0, 0.1) is 13.8 Å². The van der Waals surface area contributed by atoms with Gasteiger partial charge in [-0.1, -0.05) is 41.1 Å².